The minimum atomic E-state index is -3.70. The molecule has 2 rings (SSSR count). The van der Waals surface area contributed by atoms with Gasteiger partial charge in [-0.05, 0) is 23.6 Å². The van der Waals surface area contributed by atoms with E-state index in [1.54, 1.807) is 6.07 Å². The smallest absolute Gasteiger partial charge is 0.244 e. The first-order valence-electron chi connectivity index (χ1n) is 5.07. The number of anilines is 1. The van der Waals surface area contributed by atoms with Crippen LogP contribution >= 0.6 is 22.9 Å². The highest BCUT2D eigenvalue weighted by Crippen LogP contribution is 2.27. The van der Waals surface area contributed by atoms with Crippen molar-refractivity contribution in [2.75, 3.05) is 5.73 Å². The van der Waals surface area contributed by atoms with Crippen molar-refractivity contribution in [3.05, 3.63) is 45.6 Å². The quantitative estimate of drug-likeness (QED) is 0.852. The number of rotatable bonds is 4. The Balaban J connectivity index is 2.26. The molecule has 0 aliphatic rings. The maximum atomic E-state index is 12.1. The maximum Gasteiger partial charge on any atom is 0.244 e. The van der Waals surface area contributed by atoms with Crippen LogP contribution in [0.15, 0.2) is 40.6 Å². The molecule has 0 unspecified atom stereocenters. The largest absolute Gasteiger partial charge is 0.398 e. The molecule has 96 valence electrons. The van der Waals surface area contributed by atoms with Crippen LogP contribution in [0.5, 0.6) is 0 Å². The van der Waals surface area contributed by atoms with Crippen molar-refractivity contribution in [3.8, 4) is 0 Å². The summed E-state index contributed by atoms with van der Waals surface area (Å²) in [4.78, 5) is 0.854. The van der Waals surface area contributed by atoms with E-state index in [0.717, 1.165) is 4.88 Å². The Hall–Kier alpha value is -1.08. The van der Waals surface area contributed by atoms with Gasteiger partial charge in [0.25, 0.3) is 0 Å². The van der Waals surface area contributed by atoms with E-state index in [-0.39, 0.29) is 22.2 Å². The Labute approximate surface area is 114 Å². The standard InChI is InChI=1S/C11H11ClN2O2S2/c12-9-4-1-5-10(13)11(9)18(15,16)14-7-8-3-2-6-17-8/h1-6,14H,7,13H2. The van der Waals surface area contributed by atoms with E-state index < -0.39 is 10.0 Å². The zero-order valence-electron chi connectivity index (χ0n) is 9.26. The molecule has 0 radical (unpaired) electrons. The molecule has 3 N–H and O–H groups in total. The summed E-state index contributed by atoms with van der Waals surface area (Å²) in [5, 5.41) is 2.00. The zero-order chi connectivity index (χ0) is 13.2. The van der Waals surface area contributed by atoms with Gasteiger partial charge in [-0.15, -0.1) is 11.3 Å². The summed E-state index contributed by atoms with van der Waals surface area (Å²) in [6, 6.07) is 8.32. The van der Waals surface area contributed by atoms with E-state index >= 15 is 0 Å². The van der Waals surface area contributed by atoms with Crippen LogP contribution in [0.1, 0.15) is 4.88 Å². The lowest BCUT2D eigenvalue weighted by atomic mass is 10.3. The van der Waals surface area contributed by atoms with Crippen LogP contribution in [0.4, 0.5) is 5.69 Å². The summed E-state index contributed by atoms with van der Waals surface area (Å²) in [7, 11) is -3.70. The molecule has 1 aromatic heterocycles. The molecule has 0 saturated heterocycles. The molecule has 0 fully saturated rings. The van der Waals surface area contributed by atoms with Crippen LogP contribution in [0, 0.1) is 0 Å². The summed E-state index contributed by atoms with van der Waals surface area (Å²) in [5.41, 5.74) is 5.80. The van der Waals surface area contributed by atoms with Gasteiger partial charge in [-0.25, -0.2) is 13.1 Å². The SMILES string of the molecule is Nc1cccc(Cl)c1S(=O)(=O)NCc1cccs1. The lowest BCUT2D eigenvalue weighted by molar-refractivity contribution is 0.582. The Bertz CT molecular complexity index is 619. The van der Waals surface area contributed by atoms with Gasteiger partial charge in [0.1, 0.15) is 4.90 Å². The predicted molar refractivity (Wildman–Crippen MR) is 74.2 cm³/mol. The number of nitrogen functional groups attached to an aromatic ring is 1. The van der Waals surface area contributed by atoms with Crippen molar-refractivity contribution in [1.29, 1.82) is 0 Å². The first-order valence-corrected chi connectivity index (χ1v) is 7.81. The monoisotopic (exact) mass is 302 g/mol. The van der Waals surface area contributed by atoms with Crippen molar-refractivity contribution in [2.24, 2.45) is 0 Å². The summed E-state index contributed by atoms with van der Waals surface area (Å²) in [6.07, 6.45) is 0. The summed E-state index contributed by atoms with van der Waals surface area (Å²) in [6.45, 7) is 0.227. The van der Waals surface area contributed by atoms with Crippen LogP contribution in [-0.4, -0.2) is 8.42 Å². The number of nitrogens with two attached hydrogens (primary N) is 1. The van der Waals surface area contributed by atoms with Gasteiger partial charge in [-0.2, -0.15) is 0 Å². The molecule has 0 aliphatic carbocycles. The zero-order valence-corrected chi connectivity index (χ0v) is 11.6. The van der Waals surface area contributed by atoms with Crippen LogP contribution < -0.4 is 10.5 Å². The molecule has 0 atom stereocenters. The molecular weight excluding hydrogens is 292 g/mol. The fraction of sp³-hybridized carbons (Fsp3) is 0.0909. The molecule has 2 aromatic rings. The number of hydrogen-bond donors (Lipinski definition) is 2. The van der Waals surface area contributed by atoms with Crippen molar-refractivity contribution in [1.82, 2.24) is 4.72 Å². The second-order valence-electron chi connectivity index (χ2n) is 3.56. The van der Waals surface area contributed by atoms with Gasteiger partial charge in [0.15, 0.2) is 0 Å². The third kappa shape index (κ3) is 2.84. The molecule has 0 bridgehead atoms. The van der Waals surface area contributed by atoms with E-state index in [0.29, 0.717) is 0 Å². The highest BCUT2D eigenvalue weighted by Gasteiger charge is 2.20. The van der Waals surface area contributed by atoms with E-state index in [9.17, 15) is 8.42 Å². The molecule has 0 saturated carbocycles. The summed E-state index contributed by atoms with van der Waals surface area (Å²) in [5.74, 6) is 0. The van der Waals surface area contributed by atoms with Gasteiger partial charge in [0, 0.05) is 11.4 Å². The van der Waals surface area contributed by atoms with Crippen LogP contribution in [-0.2, 0) is 16.6 Å². The van der Waals surface area contributed by atoms with Crippen molar-refractivity contribution in [3.63, 3.8) is 0 Å². The highest BCUT2D eigenvalue weighted by atomic mass is 35.5. The average Bonchev–Trinajstić information content (AvgIpc) is 2.78. The van der Waals surface area contributed by atoms with Crippen molar-refractivity contribution >= 4 is 38.6 Å². The molecule has 0 amide bonds. The number of nitrogens with one attached hydrogen (secondary N) is 1. The molecule has 4 nitrogen and oxygen atoms in total. The first kappa shape index (κ1) is 13.4. The average molecular weight is 303 g/mol. The van der Waals surface area contributed by atoms with E-state index in [4.69, 9.17) is 17.3 Å². The maximum absolute atomic E-state index is 12.1. The fourth-order valence-electron chi connectivity index (χ4n) is 1.46. The number of benzene rings is 1. The molecule has 18 heavy (non-hydrogen) atoms. The van der Waals surface area contributed by atoms with E-state index in [1.807, 2.05) is 17.5 Å². The van der Waals surface area contributed by atoms with Gasteiger partial charge < -0.3 is 5.73 Å². The molecule has 0 aliphatic heterocycles. The Kier molecular flexibility index (Phi) is 3.91. The van der Waals surface area contributed by atoms with Gasteiger partial charge in [0.2, 0.25) is 10.0 Å². The lowest BCUT2D eigenvalue weighted by Gasteiger charge is -2.09. The van der Waals surface area contributed by atoms with Gasteiger partial charge in [-0.1, -0.05) is 23.7 Å². The van der Waals surface area contributed by atoms with Gasteiger partial charge in [-0.3, -0.25) is 0 Å². The van der Waals surface area contributed by atoms with Crippen LogP contribution in [0.25, 0.3) is 0 Å². The normalized spacial score (nSPS) is 11.6. The lowest BCUT2D eigenvalue weighted by Crippen LogP contribution is -2.24. The number of hydrogen-bond acceptors (Lipinski definition) is 4. The number of halogens is 1. The molecule has 0 spiro atoms. The third-order valence-electron chi connectivity index (χ3n) is 2.28. The second kappa shape index (κ2) is 5.27. The number of thiophene rings is 1. The summed E-state index contributed by atoms with van der Waals surface area (Å²) < 4.78 is 26.7. The van der Waals surface area contributed by atoms with Crippen molar-refractivity contribution < 1.29 is 8.42 Å². The van der Waals surface area contributed by atoms with Crippen molar-refractivity contribution in [2.45, 2.75) is 11.4 Å². The minimum Gasteiger partial charge on any atom is -0.398 e. The fourth-order valence-corrected chi connectivity index (χ4v) is 3.88. The number of sulfonamides is 1. The Morgan fingerprint density at radius 3 is 2.67 bits per heavy atom. The molecule has 1 heterocycles. The van der Waals surface area contributed by atoms with Crippen LogP contribution in [0.3, 0.4) is 0 Å². The summed E-state index contributed by atoms with van der Waals surface area (Å²) >= 11 is 7.35. The second-order valence-corrected chi connectivity index (χ2v) is 6.71. The van der Waals surface area contributed by atoms with Gasteiger partial charge in [0.05, 0.1) is 10.7 Å². The van der Waals surface area contributed by atoms with Crippen LogP contribution in [0.2, 0.25) is 5.02 Å². The Morgan fingerprint density at radius 1 is 1.28 bits per heavy atom. The van der Waals surface area contributed by atoms with E-state index in [2.05, 4.69) is 4.72 Å². The first-order chi connectivity index (χ1) is 8.50. The predicted octanol–water partition coefficient (Wildman–Crippen LogP) is 2.46. The minimum absolute atomic E-state index is 0.0665. The van der Waals surface area contributed by atoms with E-state index in [1.165, 1.54) is 23.5 Å². The Morgan fingerprint density at radius 2 is 2.06 bits per heavy atom. The van der Waals surface area contributed by atoms with Gasteiger partial charge >= 0.3 is 0 Å². The highest BCUT2D eigenvalue weighted by molar-refractivity contribution is 7.89. The molecule has 7 heteroatoms. The topological polar surface area (TPSA) is 72.2 Å². The third-order valence-corrected chi connectivity index (χ3v) is 5.10. The molecular formula is C11H11ClN2O2S2. The molecule has 1 aromatic carbocycles.